The van der Waals surface area contributed by atoms with Crippen LogP contribution in [0.3, 0.4) is 0 Å². The van der Waals surface area contributed by atoms with Gasteiger partial charge in [-0.3, -0.25) is 0 Å². The van der Waals surface area contributed by atoms with Crippen LogP contribution in [0.2, 0.25) is 0 Å². The first-order chi connectivity index (χ1) is 19.7. The van der Waals surface area contributed by atoms with Crippen molar-refractivity contribution in [3.63, 3.8) is 0 Å². The number of hydrogen-bond acceptors (Lipinski definition) is 6. The number of carbonyl (C=O) groups excluding carboxylic acids is 1. The van der Waals surface area contributed by atoms with Gasteiger partial charge in [0.2, 0.25) is 0 Å². The second-order valence-corrected chi connectivity index (χ2v) is 9.45. The van der Waals surface area contributed by atoms with Crippen LogP contribution in [-0.2, 0) is 9.53 Å². The van der Waals surface area contributed by atoms with Gasteiger partial charge in [0, 0.05) is 34.6 Å². The molecule has 0 saturated carbocycles. The largest absolute Gasteiger partial charge is 0.496 e. The maximum absolute atomic E-state index is 13.9. The Morgan fingerprint density at radius 3 is 1.95 bits per heavy atom. The summed E-state index contributed by atoms with van der Waals surface area (Å²) in [5.74, 6) is 1.11. The summed E-state index contributed by atoms with van der Waals surface area (Å²) in [6.45, 7) is 2.09. The topological polar surface area (TPSA) is 60.0 Å². The summed E-state index contributed by atoms with van der Waals surface area (Å²) in [6, 6.07) is 35.3. The third-order valence-corrected chi connectivity index (χ3v) is 7.16. The van der Waals surface area contributed by atoms with Gasteiger partial charge >= 0.3 is 5.97 Å². The zero-order chi connectivity index (χ0) is 27.9. The van der Waals surface area contributed by atoms with E-state index in [9.17, 15) is 4.79 Å². The fourth-order valence-corrected chi connectivity index (χ4v) is 5.47. The molecule has 0 unspecified atom stereocenters. The summed E-state index contributed by atoms with van der Waals surface area (Å²) >= 11 is 0. The van der Waals surface area contributed by atoms with Crippen molar-refractivity contribution in [2.45, 2.75) is 25.4 Å². The third kappa shape index (κ3) is 5.38. The van der Waals surface area contributed by atoms with E-state index in [1.54, 1.807) is 14.2 Å². The van der Waals surface area contributed by atoms with E-state index in [1.165, 1.54) is 0 Å². The fraction of sp³-hybridized carbons (Fsp3) is 0.206. The minimum absolute atomic E-state index is 0.183. The van der Waals surface area contributed by atoms with Gasteiger partial charge in [-0.05, 0) is 43.3 Å². The van der Waals surface area contributed by atoms with Crippen molar-refractivity contribution in [3.05, 3.63) is 132 Å². The number of methoxy groups -OCH3 is 2. The van der Waals surface area contributed by atoms with Crippen LogP contribution in [0, 0.1) is 0 Å². The molecule has 2 atom stereocenters. The van der Waals surface area contributed by atoms with E-state index in [1.807, 2.05) is 97.9 Å². The van der Waals surface area contributed by atoms with E-state index in [0.717, 1.165) is 33.9 Å². The van der Waals surface area contributed by atoms with Crippen LogP contribution < -0.4 is 19.7 Å². The average Bonchev–Trinajstić information content (AvgIpc) is 3.01. The molecule has 0 aromatic heterocycles. The average molecular weight is 535 g/mol. The molecule has 1 heterocycles. The van der Waals surface area contributed by atoms with Gasteiger partial charge in [-0.1, -0.05) is 72.8 Å². The SMILES string of the molecule is CCOC(=O)C1=C(Nc2ccccc2)C[C@@H](c2ccccc2OC)N(c2ccccc2)[C@@H]1c1ccccc1OC. The highest BCUT2D eigenvalue weighted by molar-refractivity contribution is 5.93. The van der Waals surface area contributed by atoms with Gasteiger partial charge in [-0.2, -0.15) is 0 Å². The smallest absolute Gasteiger partial charge is 0.338 e. The predicted octanol–water partition coefficient (Wildman–Crippen LogP) is 7.33. The normalized spacial score (nSPS) is 16.8. The summed E-state index contributed by atoms with van der Waals surface area (Å²) in [7, 11) is 3.35. The van der Waals surface area contributed by atoms with Crippen LogP contribution in [0.25, 0.3) is 0 Å². The monoisotopic (exact) mass is 534 g/mol. The van der Waals surface area contributed by atoms with Crippen molar-refractivity contribution >= 4 is 17.3 Å². The standard InChI is InChI=1S/C34H34N2O4/c1-4-40-34(37)32-28(35-24-15-7-5-8-16-24)23-29(26-19-11-13-21-30(26)38-2)36(25-17-9-6-10-18-25)33(32)27-20-12-14-22-31(27)39-3/h5-22,29,33,35H,4,23H2,1-3H3/t29-,33+/m0/s1. The summed E-state index contributed by atoms with van der Waals surface area (Å²) in [5.41, 5.74) is 5.08. The molecule has 6 nitrogen and oxygen atoms in total. The Kier molecular flexibility index (Phi) is 8.35. The van der Waals surface area contributed by atoms with Gasteiger partial charge in [-0.25, -0.2) is 4.79 Å². The highest BCUT2D eigenvalue weighted by atomic mass is 16.5. The molecule has 0 spiro atoms. The van der Waals surface area contributed by atoms with Crippen LogP contribution in [0.1, 0.15) is 36.6 Å². The summed E-state index contributed by atoms with van der Waals surface area (Å²) in [6.07, 6.45) is 0.518. The van der Waals surface area contributed by atoms with Crippen molar-refractivity contribution in [1.29, 1.82) is 0 Å². The van der Waals surface area contributed by atoms with Crippen LogP contribution in [0.15, 0.2) is 120 Å². The number of carbonyl (C=O) groups is 1. The lowest BCUT2D eigenvalue weighted by Crippen LogP contribution is -2.42. The lowest BCUT2D eigenvalue weighted by Gasteiger charge is -2.46. The van der Waals surface area contributed by atoms with Crippen LogP contribution in [-0.4, -0.2) is 26.8 Å². The van der Waals surface area contributed by atoms with Gasteiger partial charge in [0.15, 0.2) is 0 Å². The molecular formula is C34H34N2O4. The number of hydrogen-bond donors (Lipinski definition) is 1. The number of anilines is 2. The molecule has 0 aliphatic carbocycles. The molecule has 0 fully saturated rings. The molecule has 1 aliphatic rings. The number of para-hydroxylation sites is 4. The van der Waals surface area contributed by atoms with Gasteiger partial charge in [0.25, 0.3) is 0 Å². The molecule has 1 aliphatic heterocycles. The Bertz CT molecular complexity index is 1470. The molecular weight excluding hydrogens is 500 g/mol. The molecule has 6 heteroatoms. The molecule has 0 radical (unpaired) electrons. The predicted molar refractivity (Wildman–Crippen MR) is 159 cm³/mol. The number of esters is 1. The van der Waals surface area contributed by atoms with E-state index < -0.39 is 6.04 Å². The Morgan fingerprint density at radius 1 is 0.775 bits per heavy atom. The fourth-order valence-electron chi connectivity index (χ4n) is 5.47. The minimum atomic E-state index is -0.521. The van der Waals surface area contributed by atoms with E-state index >= 15 is 0 Å². The van der Waals surface area contributed by atoms with E-state index in [-0.39, 0.29) is 18.6 Å². The maximum Gasteiger partial charge on any atom is 0.338 e. The molecule has 0 bridgehead atoms. The Morgan fingerprint density at radius 2 is 1.32 bits per heavy atom. The van der Waals surface area contributed by atoms with Crippen molar-refractivity contribution in [2.75, 3.05) is 31.0 Å². The van der Waals surface area contributed by atoms with Crippen molar-refractivity contribution in [1.82, 2.24) is 0 Å². The lowest BCUT2D eigenvalue weighted by atomic mass is 9.83. The number of rotatable bonds is 9. The Hall–Kier alpha value is -4.71. The van der Waals surface area contributed by atoms with Gasteiger partial charge in [-0.15, -0.1) is 0 Å². The number of nitrogens with zero attached hydrogens (tertiary/aromatic N) is 1. The highest BCUT2D eigenvalue weighted by Crippen LogP contribution is 2.51. The summed E-state index contributed by atoms with van der Waals surface area (Å²) < 4.78 is 17.4. The molecule has 40 heavy (non-hydrogen) atoms. The van der Waals surface area contributed by atoms with E-state index in [2.05, 4.69) is 28.4 Å². The summed E-state index contributed by atoms with van der Waals surface area (Å²) in [5, 5.41) is 3.59. The minimum Gasteiger partial charge on any atom is -0.496 e. The zero-order valence-corrected chi connectivity index (χ0v) is 23.0. The molecule has 0 amide bonds. The highest BCUT2D eigenvalue weighted by Gasteiger charge is 2.43. The van der Waals surface area contributed by atoms with Crippen LogP contribution in [0.5, 0.6) is 11.5 Å². The quantitative estimate of drug-likeness (QED) is 0.227. The molecule has 4 aromatic carbocycles. The summed E-state index contributed by atoms with van der Waals surface area (Å²) in [4.78, 5) is 16.2. The molecule has 4 aromatic rings. The van der Waals surface area contributed by atoms with Gasteiger partial charge in [0.1, 0.15) is 11.5 Å². The first kappa shape index (κ1) is 26.9. The van der Waals surface area contributed by atoms with E-state index in [4.69, 9.17) is 14.2 Å². The zero-order valence-electron chi connectivity index (χ0n) is 23.0. The Labute approximate surface area is 235 Å². The van der Waals surface area contributed by atoms with Gasteiger partial charge < -0.3 is 24.4 Å². The number of nitrogens with one attached hydrogen (secondary N) is 1. The second kappa shape index (κ2) is 12.4. The van der Waals surface area contributed by atoms with Crippen molar-refractivity contribution in [3.8, 4) is 11.5 Å². The maximum atomic E-state index is 13.9. The van der Waals surface area contributed by atoms with Crippen molar-refractivity contribution < 1.29 is 19.0 Å². The first-order valence-corrected chi connectivity index (χ1v) is 13.5. The Balaban J connectivity index is 1.83. The second-order valence-electron chi connectivity index (χ2n) is 9.45. The lowest BCUT2D eigenvalue weighted by molar-refractivity contribution is -0.139. The van der Waals surface area contributed by atoms with E-state index in [0.29, 0.717) is 17.7 Å². The molecule has 1 N–H and O–H groups in total. The molecule has 204 valence electrons. The molecule has 5 rings (SSSR count). The number of benzene rings is 4. The van der Waals surface area contributed by atoms with Gasteiger partial charge in [0.05, 0.1) is 38.5 Å². The van der Waals surface area contributed by atoms with Crippen LogP contribution >= 0.6 is 0 Å². The number of ether oxygens (including phenoxy) is 3. The first-order valence-electron chi connectivity index (χ1n) is 13.5. The molecule has 0 saturated heterocycles. The van der Waals surface area contributed by atoms with Crippen LogP contribution in [0.4, 0.5) is 11.4 Å². The third-order valence-electron chi connectivity index (χ3n) is 7.16. The van der Waals surface area contributed by atoms with Crippen molar-refractivity contribution in [2.24, 2.45) is 0 Å².